The van der Waals surface area contributed by atoms with Gasteiger partial charge in [0.15, 0.2) is 5.16 Å². The molecule has 1 aromatic heterocycles. The van der Waals surface area contributed by atoms with E-state index in [2.05, 4.69) is 5.32 Å². The lowest BCUT2D eigenvalue weighted by molar-refractivity contribution is -0.117. The zero-order valence-corrected chi connectivity index (χ0v) is 21.0. The molecule has 1 saturated heterocycles. The number of carbonyl (C=O) groups excluding carboxylic acids is 2. The van der Waals surface area contributed by atoms with E-state index in [-0.39, 0.29) is 23.1 Å². The molecule has 0 aliphatic carbocycles. The summed E-state index contributed by atoms with van der Waals surface area (Å²) in [5.41, 5.74) is 4.73. The van der Waals surface area contributed by atoms with E-state index in [0.717, 1.165) is 23.2 Å². The molecule has 0 saturated carbocycles. The largest absolute Gasteiger partial charge is 0.325 e. The van der Waals surface area contributed by atoms with E-state index in [0.29, 0.717) is 40.4 Å². The van der Waals surface area contributed by atoms with Gasteiger partial charge in [0.2, 0.25) is 11.8 Å². The highest BCUT2D eigenvalue weighted by molar-refractivity contribution is 7.99. The lowest BCUT2D eigenvalue weighted by Crippen LogP contribution is -2.24. The summed E-state index contributed by atoms with van der Waals surface area (Å²) in [5.74, 6) is -0.0534. The molecule has 0 spiro atoms. The molecule has 7 nitrogen and oxygen atoms in total. The number of rotatable bonds is 6. The van der Waals surface area contributed by atoms with Gasteiger partial charge in [0.25, 0.3) is 5.56 Å². The average Bonchev–Trinajstić information content (AvgIpc) is 3.31. The average molecular weight is 499 g/mol. The molecule has 1 aliphatic rings. The third kappa shape index (κ3) is 4.77. The van der Waals surface area contributed by atoms with Crippen LogP contribution in [0.2, 0.25) is 0 Å². The van der Waals surface area contributed by atoms with Crippen molar-refractivity contribution in [1.29, 1.82) is 0 Å². The Morgan fingerprint density at radius 3 is 2.58 bits per heavy atom. The fourth-order valence-electron chi connectivity index (χ4n) is 4.30. The van der Waals surface area contributed by atoms with E-state index >= 15 is 0 Å². The van der Waals surface area contributed by atoms with Crippen LogP contribution in [0.5, 0.6) is 0 Å². The molecular formula is C28H26N4O3S. The summed E-state index contributed by atoms with van der Waals surface area (Å²) in [5, 5.41) is 3.88. The van der Waals surface area contributed by atoms with Crippen LogP contribution in [0.3, 0.4) is 0 Å². The van der Waals surface area contributed by atoms with E-state index in [1.807, 2.05) is 62.4 Å². The Morgan fingerprint density at radius 1 is 0.972 bits per heavy atom. The molecule has 2 heterocycles. The van der Waals surface area contributed by atoms with Gasteiger partial charge in [-0.1, -0.05) is 36.0 Å². The molecule has 182 valence electrons. The molecule has 4 aromatic rings. The summed E-state index contributed by atoms with van der Waals surface area (Å²) in [4.78, 5) is 44.8. The van der Waals surface area contributed by atoms with Crippen molar-refractivity contribution in [2.24, 2.45) is 0 Å². The highest BCUT2D eigenvalue weighted by Crippen LogP contribution is 2.26. The minimum Gasteiger partial charge on any atom is -0.325 e. The number of hydrogen-bond donors (Lipinski definition) is 1. The number of aryl methyl sites for hydroxylation is 2. The normalized spacial score (nSPS) is 13.4. The predicted molar refractivity (Wildman–Crippen MR) is 144 cm³/mol. The van der Waals surface area contributed by atoms with Gasteiger partial charge in [-0.05, 0) is 73.9 Å². The second-order valence-electron chi connectivity index (χ2n) is 8.86. The standard InChI is InChI=1S/C28H26N4O3S/c1-18-12-13-22(15-19(18)2)32-27(35)23-9-3-4-10-24(23)30-28(32)36-17-25(33)29-20-7-5-8-21(16-20)31-14-6-11-26(31)34/h3-5,7-10,12-13,15-16H,6,11,14,17H2,1-2H3,(H,29,33). The van der Waals surface area contributed by atoms with E-state index in [1.165, 1.54) is 11.8 Å². The van der Waals surface area contributed by atoms with Crippen LogP contribution in [0.4, 0.5) is 11.4 Å². The number of benzene rings is 3. The second kappa shape index (κ2) is 9.99. The number of amides is 2. The summed E-state index contributed by atoms with van der Waals surface area (Å²) < 4.78 is 1.58. The maximum atomic E-state index is 13.4. The fraction of sp³-hybridized carbons (Fsp3) is 0.214. The van der Waals surface area contributed by atoms with Crippen LogP contribution in [0.1, 0.15) is 24.0 Å². The predicted octanol–water partition coefficient (Wildman–Crippen LogP) is 4.86. The Bertz CT molecular complexity index is 1550. The van der Waals surface area contributed by atoms with Crippen LogP contribution in [-0.4, -0.2) is 33.7 Å². The zero-order valence-electron chi connectivity index (χ0n) is 20.2. The number of nitrogens with zero attached hydrogens (tertiary/aromatic N) is 3. The van der Waals surface area contributed by atoms with E-state index in [1.54, 1.807) is 27.7 Å². The summed E-state index contributed by atoms with van der Waals surface area (Å²) in [6.45, 7) is 4.72. The first-order chi connectivity index (χ1) is 17.4. The van der Waals surface area contributed by atoms with Gasteiger partial charge in [0.05, 0.1) is 22.3 Å². The molecule has 0 unspecified atom stereocenters. The van der Waals surface area contributed by atoms with Gasteiger partial charge in [-0.3, -0.25) is 19.0 Å². The number of nitrogens with one attached hydrogen (secondary N) is 1. The van der Waals surface area contributed by atoms with Gasteiger partial charge in [-0.2, -0.15) is 0 Å². The Balaban J connectivity index is 1.40. The van der Waals surface area contributed by atoms with Gasteiger partial charge >= 0.3 is 0 Å². The van der Waals surface area contributed by atoms with Crippen molar-refractivity contribution in [1.82, 2.24) is 9.55 Å². The molecule has 1 N–H and O–H groups in total. The van der Waals surface area contributed by atoms with Crippen LogP contribution >= 0.6 is 11.8 Å². The molecule has 8 heteroatoms. The number of fused-ring (bicyclic) bond motifs is 1. The van der Waals surface area contributed by atoms with Gasteiger partial charge in [-0.15, -0.1) is 0 Å². The number of hydrogen-bond acceptors (Lipinski definition) is 5. The first-order valence-electron chi connectivity index (χ1n) is 11.8. The third-order valence-electron chi connectivity index (χ3n) is 6.34. The number of anilines is 2. The van der Waals surface area contributed by atoms with Gasteiger partial charge in [0, 0.05) is 24.3 Å². The Labute approximate surface area is 213 Å². The van der Waals surface area contributed by atoms with Crippen LogP contribution in [0.25, 0.3) is 16.6 Å². The number of para-hydroxylation sites is 1. The van der Waals surface area contributed by atoms with Crippen molar-refractivity contribution in [2.75, 3.05) is 22.5 Å². The van der Waals surface area contributed by atoms with Crippen LogP contribution in [0.15, 0.2) is 76.7 Å². The van der Waals surface area contributed by atoms with E-state index in [4.69, 9.17) is 4.98 Å². The summed E-state index contributed by atoms with van der Waals surface area (Å²) in [7, 11) is 0. The van der Waals surface area contributed by atoms with Gasteiger partial charge in [0.1, 0.15) is 0 Å². The molecular weight excluding hydrogens is 472 g/mol. The number of carbonyl (C=O) groups is 2. The minimum absolute atomic E-state index is 0.0719. The van der Waals surface area contributed by atoms with Gasteiger partial charge in [-0.25, -0.2) is 4.98 Å². The lowest BCUT2D eigenvalue weighted by atomic mass is 10.1. The van der Waals surface area contributed by atoms with Crippen molar-refractivity contribution < 1.29 is 9.59 Å². The van der Waals surface area contributed by atoms with Crippen molar-refractivity contribution >= 4 is 45.9 Å². The topological polar surface area (TPSA) is 84.3 Å². The Hall–Kier alpha value is -3.91. The van der Waals surface area contributed by atoms with Crippen LogP contribution in [0, 0.1) is 13.8 Å². The van der Waals surface area contributed by atoms with Crippen molar-refractivity contribution in [3.63, 3.8) is 0 Å². The first kappa shape index (κ1) is 23.8. The maximum absolute atomic E-state index is 13.4. The van der Waals surface area contributed by atoms with E-state index in [9.17, 15) is 14.4 Å². The maximum Gasteiger partial charge on any atom is 0.266 e. The number of aromatic nitrogens is 2. The fourth-order valence-corrected chi connectivity index (χ4v) is 5.11. The molecule has 2 amide bonds. The third-order valence-corrected chi connectivity index (χ3v) is 7.28. The molecule has 0 atom stereocenters. The van der Waals surface area contributed by atoms with Crippen molar-refractivity contribution in [3.05, 3.63) is 88.2 Å². The SMILES string of the molecule is Cc1ccc(-n2c(SCC(=O)Nc3cccc(N4CCCC4=O)c3)nc3ccccc3c2=O)cc1C. The summed E-state index contributed by atoms with van der Waals surface area (Å²) >= 11 is 1.21. The summed E-state index contributed by atoms with van der Waals surface area (Å²) in [6.07, 6.45) is 1.39. The Kier molecular flexibility index (Phi) is 6.61. The van der Waals surface area contributed by atoms with Gasteiger partial charge < -0.3 is 10.2 Å². The molecule has 1 fully saturated rings. The first-order valence-corrected chi connectivity index (χ1v) is 12.8. The smallest absolute Gasteiger partial charge is 0.266 e. The Morgan fingerprint density at radius 2 is 1.81 bits per heavy atom. The minimum atomic E-state index is -0.223. The molecule has 0 bridgehead atoms. The number of thioether (sulfide) groups is 1. The lowest BCUT2D eigenvalue weighted by Gasteiger charge is -2.17. The van der Waals surface area contributed by atoms with Crippen LogP contribution < -0.4 is 15.8 Å². The quantitative estimate of drug-likeness (QED) is 0.303. The highest BCUT2D eigenvalue weighted by Gasteiger charge is 2.22. The summed E-state index contributed by atoms with van der Waals surface area (Å²) in [6, 6.07) is 20.4. The monoisotopic (exact) mass is 498 g/mol. The van der Waals surface area contributed by atoms with E-state index < -0.39 is 0 Å². The zero-order chi connectivity index (χ0) is 25.2. The molecule has 1 aliphatic heterocycles. The van der Waals surface area contributed by atoms with Crippen LogP contribution in [-0.2, 0) is 9.59 Å². The highest BCUT2D eigenvalue weighted by atomic mass is 32.2. The molecule has 36 heavy (non-hydrogen) atoms. The molecule has 0 radical (unpaired) electrons. The molecule has 5 rings (SSSR count). The molecule has 3 aromatic carbocycles. The second-order valence-corrected chi connectivity index (χ2v) is 9.80. The van der Waals surface area contributed by atoms with Crippen molar-refractivity contribution in [3.8, 4) is 5.69 Å². The van der Waals surface area contributed by atoms with Crippen molar-refractivity contribution in [2.45, 2.75) is 31.8 Å².